The van der Waals surface area contributed by atoms with E-state index in [0.717, 1.165) is 25.9 Å². The van der Waals surface area contributed by atoms with Gasteiger partial charge >= 0.3 is 0 Å². The van der Waals surface area contributed by atoms with Crippen LogP contribution in [0.1, 0.15) is 35.9 Å². The van der Waals surface area contributed by atoms with Crippen molar-refractivity contribution in [2.45, 2.75) is 37.1 Å². The summed E-state index contributed by atoms with van der Waals surface area (Å²) in [5.74, 6) is -0.0804. The second-order valence-corrected chi connectivity index (χ2v) is 11.3. The Morgan fingerprint density at radius 2 is 1.59 bits per heavy atom. The number of piperidine rings is 1. The maximum Gasteiger partial charge on any atom is 0.265 e. The third-order valence-corrected chi connectivity index (χ3v) is 9.56. The van der Waals surface area contributed by atoms with Gasteiger partial charge in [-0.3, -0.25) is 14.5 Å². The molecule has 3 fully saturated rings. The summed E-state index contributed by atoms with van der Waals surface area (Å²) in [5, 5.41) is 1.66. The predicted molar refractivity (Wildman–Crippen MR) is 121 cm³/mol. The number of amides is 2. The monoisotopic (exact) mass is 484 g/mol. The number of carbonyl (C=O) groups excluding carboxylic acids is 2. The van der Waals surface area contributed by atoms with Crippen molar-refractivity contribution in [1.82, 2.24) is 19.0 Å². The zero-order chi connectivity index (χ0) is 22.7. The van der Waals surface area contributed by atoms with E-state index >= 15 is 0 Å². The van der Waals surface area contributed by atoms with Gasteiger partial charge in [0.2, 0.25) is 15.9 Å². The fourth-order valence-electron chi connectivity index (χ4n) is 4.57. The van der Waals surface area contributed by atoms with Gasteiger partial charge in [0.1, 0.15) is 9.77 Å². The number of hydrogen-bond acceptors (Lipinski definition) is 7. The molecule has 0 bridgehead atoms. The van der Waals surface area contributed by atoms with Crippen LogP contribution in [0.3, 0.4) is 0 Å². The van der Waals surface area contributed by atoms with Gasteiger partial charge < -0.3 is 14.5 Å². The summed E-state index contributed by atoms with van der Waals surface area (Å²) in [4.78, 5) is 32.2. The maximum absolute atomic E-state index is 13.2. The Bertz CT molecular complexity index is 914. The highest BCUT2D eigenvalue weighted by atomic mass is 32.2. The number of likely N-dealkylation sites (tertiary alicyclic amines) is 1. The molecule has 0 N–H and O–H groups in total. The van der Waals surface area contributed by atoms with Crippen molar-refractivity contribution in [3.05, 3.63) is 16.3 Å². The van der Waals surface area contributed by atoms with Gasteiger partial charge in [0.15, 0.2) is 0 Å². The number of piperazine rings is 1. The Hall–Kier alpha value is -1.53. The second kappa shape index (κ2) is 10.2. The molecule has 0 saturated carbocycles. The van der Waals surface area contributed by atoms with Gasteiger partial charge in [-0.2, -0.15) is 4.31 Å². The molecular formula is C21H32N4O5S2. The lowest BCUT2D eigenvalue weighted by molar-refractivity contribution is -0.137. The molecule has 3 aliphatic rings. The third-order valence-electron chi connectivity index (χ3n) is 6.59. The van der Waals surface area contributed by atoms with Crippen molar-refractivity contribution >= 4 is 33.2 Å². The van der Waals surface area contributed by atoms with Crippen LogP contribution in [0.25, 0.3) is 0 Å². The van der Waals surface area contributed by atoms with E-state index in [0.29, 0.717) is 52.5 Å². The highest BCUT2D eigenvalue weighted by Crippen LogP contribution is 2.28. The van der Waals surface area contributed by atoms with Gasteiger partial charge in [-0.25, -0.2) is 8.42 Å². The predicted octanol–water partition coefficient (Wildman–Crippen LogP) is 0.928. The van der Waals surface area contributed by atoms with Crippen molar-refractivity contribution in [1.29, 1.82) is 0 Å². The molecule has 4 heterocycles. The zero-order valence-corrected chi connectivity index (χ0v) is 20.2. The summed E-state index contributed by atoms with van der Waals surface area (Å²) in [6.07, 6.45) is 3.32. The Balaban J connectivity index is 1.38. The lowest BCUT2D eigenvalue weighted by Crippen LogP contribution is -2.56. The Morgan fingerprint density at radius 3 is 2.25 bits per heavy atom. The first kappa shape index (κ1) is 23.6. The minimum atomic E-state index is -3.73. The number of hydrogen-bond donors (Lipinski definition) is 0. The van der Waals surface area contributed by atoms with Crippen LogP contribution in [0.15, 0.2) is 16.3 Å². The van der Waals surface area contributed by atoms with Crippen LogP contribution in [0, 0.1) is 0 Å². The Kier molecular flexibility index (Phi) is 7.51. The molecule has 178 valence electrons. The molecule has 0 radical (unpaired) electrons. The topological polar surface area (TPSA) is 90.5 Å². The average Bonchev–Trinajstić information content (AvgIpc) is 3.35. The quantitative estimate of drug-likeness (QED) is 0.618. The first-order chi connectivity index (χ1) is 15.4. The molecule has 11 heteroatoms. The van der Waals surface area contributed by atoms with Crippen LogP contribution in [0.4, 0.5) is 0 Å². The van der Waals surface area contributed by atoms with Crippen LogP contribution in [-0.4, -0.2) is 111 Å². The number of morpholine rings is 1. The molecule has 0 aromatic carbocycles. The van der Waals surface area contributed by atoms with Crippen molar-refractivity contribution < 1.29 is 22.7 Å². The molecule has 1 aromatic rings. The zero-order valence-electron chi connectivity index (χ0n) is 18.6. The summed E-state index contributed by atoms with van der Waals surface area (Å²) in [6.45, 7) is 7.10. The summed E-state index contributed by atoms with van der Waals surface area (Å²) < 4.78 is 32.8. The van der Waals surface area contributed by atoms with Crippen LogP contribution in [0.2, 0.25) is 0 Å². The molecule has 3 saturated heterocycles. The van der Waals surface area contributed by atoms with Crippen molar-refractivity contribution in [2.75, 3.05) is 65.6 Å². The molecule has 1 aromatic heterocycles. The standard InChI is InChI=1S/C21H32N4O5S2/c1-17(20(26)23-6-3-2-4-7-23)22-8-10-24(11-9-22)21(27)19-18(5-16-31-19)32(28,29)25-12-14-30-15-13-25/h5,16-17H,2-4,6-15H2,1H3/t17-/m1/s1. The van der Waals surface area contributed by atoms with Gasteiger partial charge in [0, 0.05) is 52.4 Å². The number of nitrogens with zero attached hydrogens (tertiary/aromatic N) is 4. The molecule has 1 atom stereocenters. The number of thiophene rings is 1. The largest absolute Gasteiger partial charge is 0.379 e. The summed E-state index contributed by atoms with van der Waals surface area (Å²) in [5.41, 5.74) is 0. The number of rotatable bonds is 5. The minimum Gasteiger partial charge on any atom is -0.379 e. The lowest BCUT2D eigenvalue weighted by atomic mass is 10.1. The number of sulfonamides is 1. The Morgan fingerprint density at radius 1 is 0.938 bits per heavy atom. The van der Waals surface area contributed by atoms with E-state index in [2.05, 4.69) is 4.90 Å². The average molecular weight is 485 g/mol. The number of ether oxygens (including phenoxy) is 1. The highest BCUT2D eigenvalue weighted by molar-refractivity contribution is 7.89. The van der Waals surface area contributed by atoms with Crippen LogP contribution in [-0.2, 0) is 19.6 Å². The van der Waals surface area contributed by atoms with Gasteiger partial charge in [0.25, 0.3) is 5.91 Å². The SMILES string of the molecule is C[C@H](C(=O)N1CCCCC1)N1CCN(C(=O)c2sccc2S(=O)(=O)N2CCOCC2)CC1. The van der Waals surface area contributed by atoms with Crippen LogP contribution < -0.4 is 0 Å². The Labute approximate surface area is 193 Å². The second-order valence-electron chi connectivity index (χ2n) is 8.52. The van der Waals surface area contributed by atoms with E-state index in [-0.39, 0.29) is 27.6 Å². The molecule has 3 aliphatic heterocycles. The molecule has 2 amide bonds. The molecule has 4 rings (SSSR count). The molecular weight excluding hydrogens is 452 g/mol. The summed E-state index contributed by atoms with van der Waals surface area (Å²) in [6, 6.07) is 1.32. The van der Waals surface area contributed by atoms with E-state index in [1.165, 1.54) is 28.1 Å². The van der Waals surface area contributed by atoms with Gasteiger partial charge in [-0.05, 0) is 37.6 Å². The van der Waals surface area contributed by atoms with E-state index < -0.39 is 10.0 Å². The lowest BCUT2D eigenvalue weighted by Gasteiger charge is -2.39. The highest BCUT2D eigenvalue weighted by Gasteiger charge is 2.35. The van der Waals surface area contributed by atoms with E-state index in [1.54, 1.807) is 10.3 Å². The summed E-state index contributed by atoms with van der Waals surface area (Å²) >= 11 is 1.17. The number of carbonyl (C=O) groups is 2. The van der Waals surface area contributed by atoms with Gasteiger partial charge in [0.05, 0.1) is 19.3 Å². The normalized spacial score (nSPS) is 22.7. The van der Waals surface area contributed by atoms with E-state index in [9.17, 15) is 18.0 Å². The third kappa shape index (κ3) is 4.86. The van der Waals surface area contributed by atoms with Gasteiger partial charge in [-0.1, -0.05) is 0 Å². The van der Waals surface area contributed by atoms with E-state index in [4.69, 9.17) is 4.74 Å². The van der Waals surface area contributed by atoms with Crippen LogP contribution in [0.5, 0.6) is 0 Å². The molecule has 0 aliphatic carbocycles. The summed E-state index contributed by atoms with van der Waals surface area (Å²) in [7, 11) is -3.73. The van der Waals surface area contributed by atoms with Gasteiger partial charge in [-0.15, -0.1) is 11.3 Å². The van der Waals surface area contributed by atoms with Crippen molar-refractivity contribution in [3.8, 4) is 0 Å². The fraction of sp³-hybridized carbons (Fsp3) is 0.714. The first-order valence-electron chi connectivity index (χ1n) is 11.4. The molecule has 0 unspecified atom stereocenters. The molecule has 0 spiro atoms. The molecule has 32 heavy (non-hydrogen) atoms. The maximum atomic E-state index is 13.2. The molecule has 9 nitrogen and oxygen atoms in total. The fourth-order valence-corrected chi connectivity index (χ4v) is 7.34. The smallest absolute Gasteiger partial charge is 0.265 e. The van der Waals surface area contributed by atoms with Crippen molar-refractivity contribution in [2.24, 2.45) is 0 Å². The minimum absolute atomic E-state index is 0.0884. The van der Waals surface area contributed by atoms with Crippen molar-refractivity contribution in [3.63, 3.8) is 0 Å². The van der Waals surface area contributed by atoms with Crippen LogP contribution >= 0.6 is 11.3 Å². The van der Waals surface area contributed by atoms with E-state index in [1.807, 2.05) is 11.8 Å². The first-order valence-corrected chi connectivity index (χ1v) is 13.7.